The fraction of sp³-hybridized carbons (Fsp3) is 0.727. The molecule has 0 fully saturated rings. The molecule has 110 valence electrons. The summed E-state index contributed by atoms with van der Waals surface area (Å²) in [4.78, 5) is 3.90. The maximum atomic E-state index is 11.9. The first-order valence-electron chi connectivity index (χ1n) is 6.43. The molecule has 1 heterocycles. The van der Waals surface area contributed by atoms with Crippen molar-refractivity contribution in [2.75, 3.05) is 33.2 Å². The van der Waals surface area contributed by atoms with Crippen LogP contribution in [0.2, 0.25) is 0 Å². The molecule has 0 spiro atoms. The molecule has 0 bridgehead atoms. The minimum Gasteiger partial charge on any atom is -0.336 e. The van der Waals surface area contributed by atoms with Crippen molar-refractivity contribution in [2.45, 2.75) is 19.9 Å². The molecule has 0 saturated carbocycles. The fourth-order valence-corrected chi connectivity index (χ4v) is 2.50. The summed E-state index contributed by atoms with van der Waals surface area (Å²) in [6.07, 6.45) is 5.93. The summed E-state index contributed by atoms with van der Waals surface area (Å²) in [6.45, 7) is 5.19. The lowest BCUT2D eigenvalue weighted by Gasteiger charge is -2.17. The lowest BCUT2D eigenvalue weighted by Crippen LogP contribution is -2.40. The monoisotopic (exact) mass is 289 g/mol. The van der Waals surface area contributed by atoms with Crippen molar-refractivity contribution in [3.05, 3.63) is 18.7 Å². The number of rotatable bonds is 10. The molecule has 0 radical (unpaired) electrons. The van der Waals surface area contributed by atoms with Gasteiger partial charge >= 0.3 is 0 Å². The molecular weight excluding hydrogens is 266 g/mol. The van der Waals surface area contributed by atoms with Gasteiger partial charge in [-0.3, -0.25) is 0 Å². The predicted octanol–water partition coefficient (Wildman–Crippen LogP) is -0.351. The third-order valence-corrected chi connectivity index (χ3v) is 4.27. The number of nitrogens with zero attached hydrogens (tertiary/aromatic N) is 3. The van der Waals surface area contributed by atoms with Crippen molar-refractivity contribution in [1.29, 1.82) is 0 Å². The Balaban J connectivity index is 2.25. The number of imidazole rings is 1. The number of hydrogen-bond donors (Lipinski definition) is 2. The highest BCUT2D eigenvalue weighted by molar-refractivity contribution is 7.87. The molecule has 0 saturated heterocycles. The first-order chi connectivity index (χ1) is 9.06. The average molecular weight is 289 g/mol. The van der Waals surface area contributed by atoms with Crippen LogP contribution in [0.15, 0.2) is 18.7 Å². The standard InChI is InChI=1S/C11H23N5O2S/c1-3-12-5-4-8-15(2)19(17,18)14-7-10-16-9-6-13-11-16/h6,9,11-12,14H,3-5,7-8,10H2,1-2H3. The highest BCUT2D eigenvalue weighted by atomic mass is 32.2. The Morgan fingerprint density at radius 3 is 2.79 bits per heavy atom. The van der Waals surface area contributed by atoms with Crippen LogP contribution in [0.25, 0.3) is 0 Å². The summed E-state index contributed by atoms with van der Waals surface area (Å²) in [5.74, 6) is 0. The Morgan fingerprint density at radius 2 is 2.16 bits per heavy atom. The van der Waals surface area contributed by atoms with Gasteiger partial charge in [-0.25, -0.2) is 9.71 Å². The van der Waals surface area contributed by atoms with Gasteiger partial charge in [0, 0.05) is 39.1 Å². The van der Waals surface area contributed by atoms with Gasteiger partial charge in [0.05, 0.1) is 6.33 Å². The Morgan fingerprint density at radius 1 is 1.37 bits per heavy atom. The minimum atomic E-state index is -3.38. The van der Waals surface area contributed by atoms with Crippen LogP contribution in [0, 0.1) is 0 Å². The molecule has 8 heteroatoms. The third kappa shape index (κ3) is 6.15. The molecule has 0 aliphatic carbocycles. The normalized spacial score (nSPS) is 12.2. The summed E-state index contributed by atoms with van der Waals surface area (Å²) in [7, 11) is -1.79. The molecule has 0 unspecified atom stereocenters. The molecule has 1 aromatic heterocycles. The van der Waals surface area contributed by atoms with Crippen LogP contribution < -0.4 is 10.0 Å². The van der Waals surface area contributed by atoms with Crippen molar-refractivity contribution in [2.24, 2.45) is 0 Å². The molecule has 0 atom stereocenters. The van der Waals surface area contributed by atoms with E-state index < -0.39 is 10.2 Å². The lowest BCUT2D eigenvalue weighted by atomic mass is 10.4. The van der Waals surface area contributed by atoms with E-state index in [-0.39, 0.29) is 0 Å². The molecule has 7 nitrogen and oxygen atoms in total. The van der Waals surface area contributed by atoms with Gasteiger partial charge in [0.2, 0.25) is 0 Å². The van der Waals surface area contributed by atoms with Crippen molar-refractivity contribution >= 4 is 10.2 Å². The van der Waals surface area contributed by atoms with Crippen LogP contribution in [0.1, 0.15) is 13.3 Å². The lowest BCUT2D eigenvalue weighted by molar-refractivity contribution is 0.444. The van der Waals surface area contributed by atoms with Crippen molar-refractivity contribution < 1.29 is 8.42 Å². The quantitative estimate of drug-likeness (QED) is 0.577. The topological polar surface area (TPSA) is 79.3 Å². The second-order valence-corrected chi connectivity index (χ2v) is 6.09. The first-order valence-corrected chi connectivity index (χ1v) is 7.87. The Bertz CT molecular complexity index is 432. The van der Waals surface area contributed by atoms with Gasteiger partial charge in [-0.1, -0.05) is 6.92 Å². The summed E-state index contributed by atoms with van der Waals surface area (Å²) in [5.41, 5.74) is 0. The Hall–Kier alpha value is -0.960. The summed E-state index contributed by atoms with van der Waals surface area (Å²) in [6, 6.07) is 0. The zero-order valence-corrected chi connectivity index (χ0v) is 12.4. The summed E-state index contributed by atoms with van der Waals surface area (Å²) < 4.78 is 29.5. The van der Waals surface area contributed by atoms with Crippen LogP contribution in [0.3, 0.4) is 0 Å². The number of hydrogen-bond acceptors (Lipinski definition) is 4. The molecule has 0 amide bonds. The average Bonchev–Trinajstić information content (AvgIpc) is 2.87. The molecular formula is C11H23N5O2S. The second-order valence-electron chi connectivity index (χ2n) is 4.23. The maximum absolute atomic E-state index is 11.9. The van der Waals surface area contributed by atoms with E-state index in [0.717, 1.165) is 19.5 Å². The highest BCUT2D eigenvalue weighted by Crippen LogP contribution is 1.95. The van der Waals surface area contributed by atoms with E-state index in [1.165, 1.54) is 4.31 Å². The molecule has 1 aromatic rings. The van der Waals surface area contributed by atoms with Crippen LogP contribution >= 0.6 is 0 Å². The largest absolute Gasteiger partial charge is 0.336 e. The van der Waals surface area contributed by atoms with E-state index in [9.17, 15) is 8.42 Å². The third-order valence-electron chi connectivity index (χ3n) is 2.70. The number of nitrogens with one attached hydrogen (secondary N) is 2. The SMILES string of the molecule is CCNCCCN(C)S(=O)(=O)NCCn1ccnc1. The fourth-order valence-electron chi connectivity index (χ4n) is 1.56. The van der Waals surface area contributed by atoms with Crippen LogP contribution in [0.5, 0.6) is 0 Å². The zero-order valence-electron chi connectivity index (χ0n) is 11.5. The maximum Gasteiger partial charge on any atom is 0.279 e. The van der Waals surface area contributed by atoms with Gasteiger partial charge in [-0.15, -0.1) is 0 Å². The summed E-state index contributed by atoms with van der Waals surface area (Å²) >= 11 is 0. The van der Waals surface area contributed by atoms with Gasteiger partial charge < -0.3 is 9.88 Å². The van der Waals surface area contributed by atoms with Crippen molar-refractivity contribution in [3.8, 4) is 0 Å². The van der Waals surface area contributed by atoms with Crippen molar-refractivity contribution in [1.82, 2.24) is 23.9 Å². The van der Waals surface area contributed by atoms with Gasteiger partial charge in [-0.2, -0.15) is 12.7 Å². The zero-order chi connectivity index (χ0) is 14.1. The van der Waals surface area contributed by atoms with Crippen LogP contribution in [-0.2, 0) is 16.8 Å². The summed E-state index contributed by atoms with van der Waals surface area (Å²) in [5, 5.41) is 3.16. The second kappa shape index (κ2) is 8.26. The highest BCUT2D eigenvalue weighted by Gasteiger charge is 2.15. The molecule has 0 aromatic carbocycles. The molecule has 2 N–H and O–H groups in total. The molecule has 19 heavy (non-hydrogen) atoms. The van der Waals surface area contributed by atoms with Gasteiger partial charge in [-0.05, 0) is 19.5 Å². The van der Waals surface area contributed by atoms with Crippen molar-refractivity contribution in [3.63, 3.8) is 0 Å². The van der Waals surface area contributed by atoms with E-state index >= 15 is 0 Å². The minimum absolute atomic E-state index is 0.357. The van der Waals surface area contributed by atoms with Gasteiger partial charge in [0.15, 0.2) is 0 Å². The molecule has 1 rings (SSSR count). The van der Waals surface area contributed by atoms with Gasteiger partial charge in [0.25, 0.3) is 10.2 Å². The Kier molecular flexibility index (Phi) is 7.00. The van der Waals surface area contributed by atoms with Crippen LogP contribution in [0.4, 0.5) is 0 Å². The van der Waals surface area contributed by atoms with E-state index in [2.05, 4.69) is 15.0 Å². The van der Waals surface area contributed by atoms with Crippen LogP contribution in [-0.4, -0.2) is 55.5 Å². The Labute approximate surface area is 115 Å². The van der Waals surface area contributed by atoms with E-state index in [1.807, 2.05) is 11.5 Å². The molecule has 0 aliphatic heterocycles. The van der Waals surface area contributed by atoms with Gasteiger partial charge in [0.1, 0.15) is 0 Å². The van der Waals surface area contributed by atoms with E-state index in [4.69, 9.17) is 0 Å². The smallest absolute Gasteiger partial charge is 0.279 e. The first kappa shape index (κ1) is 16.1. The van der Waals surface area contributed by atoms with E-state index in [1.54, 1.807) is 25.8 Å². The van der Waals surface area contributed by atoms with E-state index in [0.29, 0.717) is 19.6 Å². The number of aromatic nitrogens is 2. The predicted molar refractivity (Wildman–Crippen MR) is 74.9 cm³/mol. The molecule has 0 aliphatic rings.